The minimum absolute atomic E-state index is 0.704. The summed E-state index contributed by atoms with van der Waals surface area (Å²) in [5, 5.41) is 0. The molecule has 0 spiro atoms. The first-order valence-corrected chi connectivity index (χ1v) is 7.30. The van der Waals surface area contributed by atoms with Crippen molar-refractivity contribution in [1.82, 2.24) is 0 Å². The molecule has 0 unspecified atom stereocenters. The molecule has 0 amide bonds. The van der Waals surface area contributed by atoms with E-state index in [0.29, 0.717) is 5.92 Å². The summed E-state index contributed by atoms with van der Waals surface area (Å²) in [4.78, 5) is 0. The number of hydrogen-bond donors (Lipinski definition) is 0. The zero-order valence-electron chi connectivity index (χ0n) is 12.8. The van der Waals surface area contributed by atoms with Gasteiger partial charge < -0.3 is 0 Å². The summed E-state index contributed by atoms with van der Waals surface area (Å²) in [6, 6.07) is 0. The third-order valence-electron chi connectivity index (χ3n) is 3.34. The lowest BCUT2D eigenvalue weighted by Gasteiger charge is -2.19. The van der Waals surface area contributed by atoms with E-state index in [4.69, 9.17) is 0 Å². The Morgan fingerprint density at radius 2 is 1.71 bits per heavy atom. The molecule has 17 heavy (non-hydrogen) atoms. The molecule has 0 fully saturated rings. The van der Waals surface area contributed by atoms with E-state index in [-0.39, 0.29) is 0 Å². The van der Waals surface area contributed by atoms with Crippen molar-refractivity contribution in [2.75, 3.05) is 0 Å². The molecule has 0 nitrogen and oxygen atoms in total. The number of allylic oxidation sites excluding steroid dienone is 4. The summed E-state index contributed by atoms with van der Waals surface area (Å²) in [5.41, 5.74) is 1.40. The van der Waals surface area contributed by atoms with Crippen LogP contribution < -0.4 is 0 Å². The molecule has 0 aliphatic rings. The largest absolute Gasteiger partial charge is 0.0874 e. The molecule has 0 aliphatic carbocycles. The Bertz CT molecular complexity index is 234. The first-order chi connectivity index (χ1) is 7.99. The molecule has 0 aliphatic heterocycles. The average Bonchev–Trinajstić information content (AvgIpc) is 2.16. The first kappa shape index (κ1) is 16.5. The SMILES string of the molecule is C/C=C/C(C)=C/[C@@H](C)C[C@@H](C)C[C@@H](C)CCC. The summed E-state index contributed by atoms with van der Waals surface area (Å²) >= 11 is 0. The Hall–Kier alpha value is -0.520. The van der Waals surface area contributed by atoms with E-state index in [1.54, 1.807) is 0 Å². The molecular formula is C17H32. The second-order valence-electron chi connectivity index (χ2n) is 5.86. The molecule has 0 aromatic heterocycles. The van der Waals surface area contributed by atoms with Gasteiger partial charge in [-0.25, -0.2) is 0 Å². The number of hydrogen-bond acceptors (Lipinski definition) is 0. The normalized spacial score (nSPS) is 18.4. The molecule has 0 saturated heterocycles. The van der Waals surface area contributed by atoms with Gasteiger partial charge in [-0.1, -0.05) is 64.3 Å². The highest BCUT2D eigenvalue weighted by Gasteiger charge is 2.10. The van der Waals surface area contributed by atoms with Crippen molar-refractivity contribution < 1.29 is 0 Å². The van der Waals surface area contributed by atoms with Crippen LogP contribution in [0.2, 0.25) is 0 Å². The van der Waals surface area contributed by atoms with E-state index >= 15 is 0 Å². The Morgan fingerprint density at radius 3 is 2.24 bits per heavy atom. The topological polar surface area (TPSA) is 0 Å². The molecule has 0 heterocycles. The van der Waals surface area contributed by atoms with E-state index in [1.165, 1.54) is 31.3 Å². The zero-order chi connectivity index (χ0) is 13.3. The summed E-state index contributed by atoms with van der Waals surface area (Å²) < 4.78 is 0. The molecule has 0 aromatic rings. The van der Waals surface area contributed by atoms with Crippen LogP contribution >= 0.6 is 0 Å². The highest BCUT2D eigenvalue weighted by atomic mass is 14.2. The van der Waals surface area contributed by atoms with Crippen LogP contribution in [0, 0.1) is 17.8 Å². The molecule has 0 heteroatoms. The maximum atomic E-state index is 2.40. The van der Waals surface area contributed by atoms with E-state index in [9.17, 15) is 0 Å². The van der Waals surface area contributed by atoms with Gasteiger partial charge in [-0.2, -0.15) is 0 Å². The molecule has 0 radical (unpaired) electrons. The van der Waals surface area contributed by atoms with E-state index < -0.39 is 0 Å². The fourth-order valence-corrected chi connectivity index (χ4v) is 2.86. The van der Waals surface area contributed by atoms with Crippen LogP contribution in [0.15, 0.2) is 23.8 Å². The highest BCUT2D eigenvalue weighted by molar-refractivity contribution is 5.15. The molecule has 0 aromatic carbocycles. The van der Waals surface area contributed by atoms with Gasteiger partial charge in [0.2, 0.25) is 0 Å². The lowest BCUT2D eigenvalue weighted by molar-refractivity contribution is 0.352. The molecule has 0 saturated carbocycles. The third kappa shape index (κ3) is 9.21. The molecule has 0 bridgehead atoms. The molecule has 0 rings (SSSR count). The second-order valence-corrected chi connectivity index (χ2v) is 5.86. The van der Waals surface area contributed by atoms with Crippen molar-refractivity contribution in [1.29, 1.82) is 0 Å². The van der Waals surface area contributed by atoms with Gasteiger partial charge in [-0.3, -0.25) is 0 Å². The predicted octanol–water partition coefficient (Wildman–Crippen LogP) is 6.00. The third-order valence-corrected chi connectivity index (χ3v) is 3.34. The summed E-state index contributed by atoms with van der Waals surface area (Å²) in [6.07, 6.45) is 12.1. The van der Waals surface area contributed by atoms with Crippen LogP contribution in [-0.4, -0.2) is 0 Å². The molecule has 0 N–H and O–H groups in total. The number of rotatable bonds is 8. The lowest BCUT2D eigenvalue weighted by atomic mass is 9.87. The van der Waals surface area contributed by atoms with E-state index in [2.05, 4.69) is 59.8 Å². The van der Waals surface area contributed by atoms with Crippen molar-refractivity contribution in [3.63, 3.8) is 0 Å². The van der Waals surface area contributed by atoms with Crippen LogP contribution in [0.5, 0.6) is 0 Å². The average molecular weight is 236 g/mol. The van der Waals surface area contributed by atoms with Crippen molar-refractivity contribution in [2.24, 2.45) is 17.8 Å². The lowest BCUT2D eigenvalue weighted by Crippen LogP contribution is -2.06. The highest BCUT2D eigenvalue weighted by Crippen LogP contribution is 2.23. The maximum Gasteiger partial charge on any atom is -0.0254 e. The van der Waals surface area contributed by atoms with Gasteiger partial charge in [0.15, 0.2) is 0 Å². The van der Waals surface area contributed by atoms with Crippen LogP contribution in [0.4, 0.5) is 0 Å². The molecule has 100 valence electrons. The van der Waals surface area contributed by atoms with Gasteiger partial charge in [-0.05, 0) is 44.4 Å². The minimum atomic E-state index is 0.704. The van der Waals surface area contributed by atoms with Crippen LogP contribution in [0.1, 0.15) is 67.2 Å². The first-order valence-electron chi connectivity index (χ1n) is 7.30. The van der Waals surface area contributed by atoms with Gasteiger partial charge in [0.25, 0.3) is 0 Å². The van der Waals surface area contributed by atoms with Crippen molar-refractivity contribution in [2.45, 2.75) is 67.2 Å². The van der Waals surface area contributed by atoms with Gasteiger partial charge in [0, 0.05) is 0 Å². The van der Waals surface area contributed by atoms with Gasteiger partial charge in [0.1, 0.15) is 0 Å². The van der Waals surface area contributed by atoms with Crippen LogP contribution in [0.3, 0.4) is 0 Å². The van der Waals surface area contributed by atoms with Crippen molar-refractivity contribution in [3.05, 3.63) is 23.8 Å². The van der Waals surface area contributed by atoms with Gasteiger partial charge in [0.05, 0.1) is 0 Å². The predicted molar refractivity (Wildman–Crippen MR) is 80.2 cm³/mol. The summed E-state index contributed by atoms with van der Waals surface area (Å²) in [5.74, 6) is 2.44. The van der Waals surface area contributed by atoms with Crippen LogP contribution in [0.25, 0.3) is 0 Å². The summed E-state index contributed by atoms with van der Waals surface area (Å²) in [6.45, 7) is 13.7. The van der Waals surface area contributed by atoms with Crippen molar-refractivity contribution >= 4 is 0 Å². The van der Waals surface area contributed by atoms with E-state index in [1.807, 2.05) is 0 Å². The second kappa shape index (κ2) is 9.50. The van der Waals surface area contributed by atoms with Gasteiger partial charge >= 0.3 is 0 Å². The quantitative estimate of drug-likeness (QED) is 0.454. The zero-order valence-corrected chi connectivity index (χ0v) is 12.8. The minimum Gasteiger partial charge on any atom is -0.0874 e. The monoisotopic (exact) mass is 236 g/mol. The Labute approximate surface area is 109 Å². The molecule has 3 atom stereocenters. The maximum absolute atomic E-state index is 2.40. The van der Waals surface area contributed by atoms with Crippen LogP contribution in [-0.2, 0) is 0 Å². The smallest absolute Gasteiger partial charge is 0.0254 e. The fraction of sp³-hybridized carbons (Fsp3) is 0.765. The van der Waals surface area contributed by atoms with Crippen molar-refractivity contribution in [3.8, 4) is 0 Å². The summed E-state index contributed by atoms with van der Waals surface area (Å²) in [7, 11) is 0. The molecular weight excluding hydrogens is 204 g/mol. The van der Waals surface area contributed by atoms with Gasteiger partial charge in [-0.15, -0.1) is 0 Å². The Morgan fingerprint density at radius 1 is 1.06 bits per heavy atom. The Kier molecular flexibility index (Phi) is 9.21. The Balaban J connectivity index is 4.02. The standard InChI is InChI=1S/C17H32/c1-7-9-14(3)11-16(5)13-17(6)12-15(4)10-8-2/h7,9,11,15-17H,8,10,12-13H2,1-6H3/b9-7+,14-11+/t15-,16+,17-/m0/s1. The van der Waals surface area contributed by atoms with E-state index in [0.717, 1.165) is 11.8 Å². The fourth-order valence-electron chi connectivity index (χ4n) is 2.86.